The third-order valence-electron chi connectivity index (χ3n) is 8.22. The summed E-state index contributed by atoms with van der Waals surface area (Å²) in [5.74, 6) is 7.05. The van der Waals surface area contributed by atoms with E-state index in [1.165, 1.54) is 10.1 Å². The lowest BCUT2D eigenvalue weighted by Crippen LogP contribution is -2.43. The molecule has 3 aromatic heterocycles. The molecule has 0 spiro atoms. The molecule has 2 aliphatic rings. The average molecular weight is 648 g/mol. The molecular weight excluding hydrogens is 606 g/mol. The van der Waals surface area contributed by atoms with Gasteiger partial charge in [0.25, 0.3) is 0 Å². The Labute approximate surface area is 281 Å². The van der Waals surface area contributed by atoms with Crippen LogP contribution in [-0.4, -0.2) is 68.0 Å². The van der Waals surface area contributed by atoms with Gasteiger partial charge in [0, 0.05) is 48.6 Å². The van der Waals surface area contributed by atoms with E-state index in [4.69, 9.17) is 19.2 Å². The summed E-state index contributed by atoms with van der Waals surface area (Å²) >= 11 is 0. The summed E-state index contributed by atoms with van der Waals surface area (Å²) in [5.41, 5.74) is 4.81. The van der Waals surface area contributed by atoms with Crippen molar-refractivity contribution in [3.05, 3.63) is 77.4 Å². The molecule has 1 saturated heterocycles. The quantitative estimate of drug-likeness (QED) is 0.211. The minimum absolute atomic E-state index is 0.134. The maximum absolute atomic E-state index is 13.4. The molecule has 1 fully saturated rings. The van der Waals surface area contributed by atoms with E-state index in [0.29, 0.717) is 35.8 Å². The summed E-state index contributed by atoms with van der Waals surface area (Å²) < 4.78 is 18.0. The molecule has 4 heterocycles. The van der Waals surface area contributed by atoms with Crippen molar-refractivity contribution >= 4 is 29.4 Å². The van der Waals surface area contributed by atoms with Crippen LogP contribution in [0.1, 0.15) is 82.7 Å². The first-order valence-electron chi connectivity index (χ1n) is 16.2. The molecule has 1 aromatic carbocycles. The summed E-state index contributed by atoms with van der Waals surface area (Å²) in [4.78, 5) is 41.8. The molecule has 2 unspecified atom stereocenters. The van der Waals surface area contributed by atoms with Gasteiger partial charge in [-0.25, -0.2) is 29.1 Å². The number of fused-ring (bicyclic) bond motifs is 2. The van der Waals surface area contributed by atoms with Crippen LogP contribution in [0, 0.1) is 17.8 Å². The maximum atomic E-state index is 13.4. The first kappa shape index (κ1) is 32.8. The summed E-state index contributed by atoms with van der Waals surface area (Å²) in [6, 6.07) is 9.85. The second kappa shape index (κ2) is 12.8. The predicted octanol–water partition coefficient (Wildman–Crippen LogP) is 7.44. The number of piperidine rings is 1. The third-order valence-corrected chi connectivity index (χ3v) is 8.22. The van der Waals surface area contributed by atoms with E-state index in [1.54, 1.807) is 37.8 Å². The number of methoxy groups -OCH3 is 1. The number of pyridine rings is 1. The number of rotatable bonds is 3. The number of carbonyl (C=O) groups is 2. The van der Waals surface area contributed by atoms with Crippen LogP contribution in [-0.2, 0) is 9.47 Å². The molecule has 248 valence electrons. The van der Waals surface area contributed by atoms with Crippen molar-refractivity contribution in [2.45, 2.75) is 71.5 Å². The van der Waals surface area contributed by atoms with Gasteiger partial charge in [-0.15, -0.1) is 0 Å². The lowest BCUT2D eigenvalue weighted by Gasteiger charge is -2.36. The second-order valence-corrected chi connectivity index (χ2v) is 14.2. The van der Waals surface area contributed by atoms with E-state index in [9.17, 15) is 9.59 Å². The SMILES string of the molecule is COc1cc(C#Cc2cnc3c(n2)c(-c2ccc4c(c2)C(C2CCCN(C(=O)OC(C)(C)C)C2)C=C4)cn3C(=O)OC(C)(C)C)ccn1. The van der Waals surface area contributed by atoms with Gasteiger partial charge in [0.05, 0.1) is 13.3 Å². The molecule has 1 aliphatic carbocycles. The molecule has 0 bridgehead atoms. The van der Waals surface area contributed by atoms with Gasteiger partial charge in [0.15, 0.2) is 5.65 Å². The van der Waals surface area contributed by atoms with Crippen molar-refractivity contribution in [1.82, 2.24) is 24.4 Å². The van der Waals surface area contributed by atoms with Crippen LogP contribution in [0.2, 0.25) is 0 Å². The number of ether oxygens (including phenoxy) is 3. The molecule has 4 aromatic rings. The Morgan fingerprint density at radius 2 is 1.73 bits per heavy atom. The monoisotopic (exact) mass is 647 g/mol. The highest BCUT2D eigenvalue weighted by molar-refractivity contribution is 5.97. The standard InChI is InChI=1S/C38H41N5O5/c1-37(2,3)47-35(44)42-18-8-9-27(22-42)29-15-13-25-11-12-26(20-30(25)29)31-23-43(36(45)48-38(4,5)6)34-33(31)41-28(21-40-34)14-10-24-16-17-39-32(19-24)46-7/h11-13,15-17,19-21,23,27,29H,8-9,18,22H2,1-7H3. The third kappa shape index (κ3) is 7.20. The number of aromatic nitrogens is 4. The molecule has 1 aliphatic heterocycles. The number of benzene rings is 1. The van der Waals surface area contributed by atoms with E-state index in [0.717, 1.165) is 35.1 Å². The number of likely N-dealkylation sites (tertiary alicyclic amines) is 1. The summed E-state index contributed by atoms with van der Waals surface area (Å²) in [5, 5.41) is 0. The van der Waals surface area contributed by atoms with Crippen LogP contribution in [0.3, 0.4) is 0 Å². The Balaban J connectivity index is 1.37. The molecule has 48 heavy (non-hydrogen) atoms. The largest absolute Gasteiger partial charge is 0.481 e. The van der Waals surface area contributed by atoms with Crippen LogP contribution in [0.5, 0.6) is 5.88 Å². The minimum Gasteiger partial charge on any atom is -0.481 e. The van der Waals surface area contributed by atoms with Gasteiger partial charge in [-0.05, 0) is 95.0 Å². The zero-order chi connectivity index (χ0) is 34.2. The zero-order valence-electron chi connectivity index (χ0n) is 28.5. The highest BCUT2D eigenvalue weighted by Crippen LogP contribution is 2.42. The van der Waals surface area contributed by atoms with Crippen LogP contribution >= 0.6 is 0 Å². The summed E-state index contributed by atoms with van der Waals surface area (Å²) in [6.45, 7) is 12.5. The highest BCUT2D eigenvalue weighted by atomic mass is 16.6. The van der Waals surface area contributed by atoms with Gasteiger partial charge in [0.1, 0.15) is 22.4 Å². The van der Waals surface area contributed by atoms with Gasteiger partial charge in [-0.3, -0.25) is 0 Å². The fraction of sp³-hybridized carbons (Fsp3) is 0.395. The number of amides is 1. The molecule has 10 nitrogen and oxygen atoms in total. The number of hydrogen-bond donors (Lipinski definition) is 0. The smallest absolute Gasteiger partial charge is 0.420 e. The van der Waals surface area contributed by atoms with E-state index in [2.05, 4.69) is 46.1 Å². The van der Waals surface area contributed by atoms with Crippen molar-refractivity contribution < 1.29 is 23.8 Å². The average Bonchev–Trinajstić information content (AvgIpc) is 3.64. The van der Waals surface area contributed by atoms with Gasteiger partial charge in [-0.2, -0.15) is 0 Å². The Kier molecular flexibility index (Phi) is 8.73. The Morgan fingerprint density at radius 1 is 0.958 bits per heavy atom. The Hall–Kier alpha value is -5.17. The molecule has 0 N–H and O–H groups in total. The van der Waals surface area contributed by atoms with Crippen molar-refractivity contribution in [3.63, 3.8) is 0 Å². The van der Waals surface area contributed by atoms with Gasteiger partial charge >= 0.3 is 12.2 Å². The van der Waals surface area contributed by atoms with Crippen molar-refractivity contribution in [3.8, 4) is 28.8 Å². The molecular formula is C38H41N5O5. The van der Waals surface area contributed by atoms with E-state index in [1.807, 2.05) is 52.5 Å². The number of nitrogens with zero attached hydrogens (tertiary/aromatic N) is 5. The molecule has 10 heteroatoms. The number of carbonyl (C=O) groups excluding carboxylic acids is 2. The lowest BCUT2D eigenvalue weighted by molar-refractivity contribution is 0.0159. The summed E-state index contributed by atoms with van der Waals surface area (Å²) in [7, 11) is 1.56. The Bertz CT molecular complexity index is 1970. The van der Waals surface area contributed by atoms with Crippen molar-refractivity contribution in [2.75, 3.05) is 20.2 Å². The second-order valence-electron chi connectivity index (χ2n) is 14.2. The molecule has 0 saturated carbocycles. The van der Waals surface area contributed by atoms with Crippen molar-refractivity contribution in [1.29, 1.82) is 0 Å². The molecule has 2 atom stereocenters. The fourth-order valence-electron chi connectivity index (χ4n) is 6.15. The van der Waals surface area contributed by atoms with Crippen LogP contribution in [0.15, 0.2) is 55.0 Å². The maximum Gasteiger partial charge on any atom is 0.420 e. The first-order valence-corrected chi connectivity index (χ1v) is 16.2. The Morgan fingerprint density at radius 3 is 2.48 bits per heavy atom. The normalized spacial score (nSPS) is 17.4. The van der Waals surface area contributed by atoms with Crippen LogP contribution < -0.4 is 4.74 Å². The molecule has 6 rings (SSSR count). The number of allylic oxidation sites excluding steroid dienone is 1. The van der Waals surface area contributed by atoms with Gasteiger partial charge in [-0.1, -0.05) is 30.2 Å². The van der Waals surface area contributed by atoms with E-state index < -0.39 is 17.3 Å². The summed E-state index contributed by atoms with van der Waals surface area (Å²) in [6.07, 6.45) is 10.4. The van der Waals surface area contributed by atoms with Crippen LogP contribution in [0.25, 0.3) is 28.4 Å². The van der Waals surface area contributed by atoms with Gasteiger partial charge in [0.2, 0.25) is 5.88 Å². The highest BCUT2D eigenvalue weighted by Gasteiger charge is 2.34. The van der Waals surface area contributed by atoms with Crippen LogP contribution in [0.4, 0.5) is 9.59 Å². The molecule has 0 radical (unpaired) electrons. The first-order chi connectivity index (χ1) is 22.8. The predicted molar refractivity (Wildman–Crippen MR) is 184 cm³/mol. The molecule has 1 amide bonds. The fourth-order valence-corrected chi connectivity index (χ4v) is 6.15. The number of hydrogen-bond acceptors (Lipinski definition) is 8. The minimum atomic E-state index is -0.697. The topological polar surface area (TPSA) is 109 Å². The van der Waals surface area contributed by atoms with E-state index >= 15 is 0 Å². The van der Waals surface area contributed by atoms with E-state index in [-0.39, 0.29) is 17.9 Å². The lowest BCUT2D eigenvalue weighted by atomic mass is 9.81. The zero-order valence-corrected chi connectivity index (χ0v) is 28.5. The van der Waals surface area contributed by atoms with Crippen molar-refractivity contribution in [2.24, 2.45) is 5.92 Å². The van der Waals surface area contributed by atoms with Gasteiger partial charge < -0.3 is 19.1 Å².